The molecule has 1 aromatic heterocycles. The first-order valence-corrected chi connectivity index (χ1v) is 5.80. The van der Waals surface area contributed by atoms with Crippen molar-refractivity contribution in [2.45, 2.75) is 32.4 Å². The van der Waals surface area contributed by atoms with E-state index in [0.717, 1.165) is 5.69 Å². The minimum absolute atomic E-state index is 0.00690. The molecule has 16 heavy (non-hydrogen) atoms. The largest absolute Gasteiger partial charge is 0.374 e. The Morgan fingerprint density at radius 3 is 2.62 bits per heavy atom. The van der Waals surface area contributed by atoms with Gasteiger partial charge in [-0.05, 0) is 27.8 Å². The van der Waals surface area contributed by atoms with E-state index in [2.05, 4.69) is 10.4 Å². The van der Waals surface area contributed by atoms with Crippen LogP contribution in [0.4, 0.5) is 0 Å². The van der Waals surface area contributed by atoms with E-state index in [1.807, 2.05) is 34.9 Å². The molecule has 0 aliphatic heterocycles. The number of nitrogens with zero attached hydrogens (tertiary/aromatic N) is 2. The highest BCUT2D eigenvalue weighted by molar-refractivity contribution is 6.31. The zero-order chi connectivity index (χ0) is 12.3. The van der Waals surface area contributed by atoms with Gasteiger partial charge in [0.1, 0.15) is 0 Å². The van der Waals surface area contributed by atoms with Crippen LogP contribution in [0.25, 0.3) is 0 Å². The average molecular weight is 246 g/mol. The van der Waals surface area contributed by atoms with E-state index in [1.54, 1.807) is 10.9 Å². The first kappa shape index (κ1) is 13.5. The van der Waals surface area contributed by atoms with Crippen LogP contribution in [0.15, 0.2) is 6.20 Å². The molecule has 0 aliphatic rings. The van der Waals surface area contributed by atoms with Crippen LogP contribution in [-0.4, -0.2) is 29.0 Å². The van der Waals surface area contributed by atoms with Crippen LogP contribution in [0, 0.1) is 0 Å². The van der Waals surface area contributed by atoms with Crippen molar-refractivity contribution in [2.24, 2.45) is 7.05 Å². The highest BCUT2D eigenvalue weighted by Crippen LogP contribution is 2.32. The quantitative estimate of drug-likeness (QED) is 0.864. The van der Waals surface area contributed by atoms with Crippen LogP contribution in [0.2, 0.25) is 5.02 Å². The molecule has 1 heterocycles. The fourth-order valence-electron chi connectivity index (χ4n) is 2.01. The van der Waals surface area contributed by atoms with Crippen LogP contribution >= 0.6 is 11.6 Å². The SMILES string of the molecule is CCOC(C)(C)C(NC)c1c(Cl)cnn1C. The Kier molecular flexibility index (Phi) is 4.35. The monoisotopic (exact) mass is 245 g/mol. The van der Waals surface area contributed by atoms with Gasteiger partial charge < -0.3 is 10.1 Å². The van der Waals surface area contributed by atoms with Gasteiger partial charge >= 0.3 is 0 Å². The normalized spacial score (nSPS) is 14.1. The van der Waals surface area contributed by atoms with Crippen molar-refractivity contribution in [3.05, 3.63) is 16.9 Å². The maximum Gasteiger partial charge on any atom is 0.0835 e. The van der Waals surface area contributed by atoms with Gasteiger partial charge in [0.25, 0.3) is 0 Å². The van der Waals surface area contributed by atoms with E-state index >= 15 is 0 Å². The highest BCUT2D eigenvalue weighted by atomic mass is 35.5. The number of aromatic nitrogens is 2. The fourth-order valence-corrected chi connectivity index (χ4v) is 2.29. The number of ether oxygens (including phenoxy) is 1. The summed E-state index contributed by atoms with van der Waals surface area (Å²) in [6.45, 7) is 6.74. The Morgan fingerprint density at radius 2 is 2.25 bits per heavy atom. The van der Waals surface area contributed by atoms with E-state index in [-0.39, 0.29) is 11.6 Å². The van der Waals surface area contributed by atoms with Crippen molar-refractivity contribution < 1.29 is 4.74 Å². The van der Waals surface area contributed by atoms with Crippen molar-refractivity contribution in [3.8, 4) is 0 Å². The fraction of sp³-hybridized carbons (Fsp3) is 0.727. The average Bonchev–Trinajstić information content (AvgIpc) is 2.50. The van der Waals surface area contributed by atoms with Gasteiger partial charge in [0.05, 0.1) is 28.6 Å². The second-order valence-corrected chi connectivity index (χ2v) is 4.67. The summed E-state index contributed by atoms with van der Waals surface area (Å²) in [5, 5.41) is 8.05. The Balaban J connectivity index is 3.07. The maximum atomic E-state index is 6.15. The van der Waals surface area contributed by atoms with Gasteiger partial charge in [0.2, 0.25) is 0 Å². The third kappa shape index (κ3) is 2.56. The molecule has 0 spiro atoms. The smallest absolute Gasteiger partial charge is 0.0835 e. The number of halogens is 1. The molecular weight excluding hydrogens is 226 g/mol. The van der Waals surface area contributed by atoms with E-state index in [4.69, 9.17) is 16.3 Å². The Labute approximate surface area is 102 Å². The molecule has 0 aliphatic carbocycles. The Bertz CT molecular complexity index is 329. The van der Waals surface area contributed by atoms with Crippen molar-refractivity contribution in [2.75, 3.05) is 13.7 Å². The second-order valence-electron chi connectivity index (χ2n) is 4.26. The van der Waals surface area contributed by atoms with Gasteiger partial charge in [-0.1, -0.05) is 11.6 Å². The number of nitrogens with one attached hydrogen (secondary N) is 1. The lowest BCUT2D eigenvalue weighted by Gasteiger charge is -2.34. The van der Waals surface area contributed by atoms with Crippen LogP contribution < -0.4 is 5.32 Å². The number of rotatable bonds is 5. The second kappa shape index (κ2) is 5.17. The summed E-state index contributed by atoms with van der Waals surface area (Å²) >= 11 is 6.15. The zero-order valence-corrected chi connectivity index (χ0v) is 11.3. The Hall–Kier alpha value is -0.580. The molecule has 0 aromatic carbocycles. The molecule has 0 fully saturated rings. The predicted molar refractivity (Wildman–Crippen MR) is 65.7 cm³/mol. The van der Waals surface area contributed by atoms with Gasteiger partial charge in [0, 0.05) is 13.7 Å². The molecule has 4 nitrogen and oxygen atoms in total. The maximum absolute atomic E-state index is 6.15. The molecule has 0 bridgehead atoms. The van der Waals surface area contributed by atoms with Crippen molar-refractivity contribution in [1.29, 1.82) is 0 Å². The Morgan fingerprint density at radius 1 is 1.62 bits per heavy atom. The topological polar surface area (TPSA) is 39.1 Å². The first-order chi connectivity index (χ1) is 7.44. The highest BCUT2D eigenvalue weighted by Gasteiger charge is 2.33. The van der Waals surface area contributed by atoms with Crippen LogP contribution in [0.3, 0.4) is 0 Å². The molecule has 1 aromatic rings. The number of aryl methyl sites for hydroxylation is 1. The van der Waals surface area contributed by atoms with Crippen molar-refractivity contribution in [3.63, 3.8) is 0 Å². The summed E-state index contributed by atoms with van der Waals surface area (Å²) in [6, 6.07) is 0.00690. The summed E-state index contributed by atoms with van der Waals surface area (Å²) in [6.07, 6.45) is 1.66. The molecule has 5 heteroatoms. The van der Waals surface area contributed by atoms with Crippen molar-refractivity contribution in [1.82, 2.24) is 15.1 Å². The molecule has 0 saturated carbocycles. The van der Waals surface area contributed by atoms with Gasteiger partial charge in [-0.3, -0.25) is 4.68 Å². The van der Waals surface area contributed by atoms with Gasteiger partial charge in [-0.2, -0.15) is 5.10 Å². The molecule has 1 N–H and O–H groups in total. The summed E-state index contributed by atoms with van der Waals surface area (Å²) in [5.41, 5.74) is 0.614. The van der Waals surface area contributed by atoms with Gasteiger partial charge in [0.15, 0.2) is 0 Å². The molecule has 0 amide bonds. The summed E-state index contributed by atoms with van der Waals surface area (Å²) in [5.74, 6) is 0. The lowest BCUT2D eigenvalue weighted by molar-refractivity contribution is -0.0392. The third-order valence-corrected chi connectivity index (χ3v) is 3.00. The number of likely N-dealkylation sites (N-methyl/N-ethyl adjacent to an activating group) is 1. The number of hydrogen-bond donors (Lipinski definition) is 1. The van der Waals surface area contributed by atoms with E-state index in [9.17, 15) is 0 Å². The first-order valence-electron chi connectivity index (χ1n) is 5.42. The lowest BCUT2D eigenvalue weighted by atomic mass is 9.95. The minimum atomic E-state index is -0.332. The molecule has 0 radical (unpaired) electrons. The van der Waals surface area contributed by atoms with E-state index < -0.39 is 0 Å². The summed E-state index contributed by atoms with van der Waals surface area (Å²) in [4.78, 5) is 0. The summed E-state index contributed by atoms with van der Waals surface area (Å²) in [7, 11) is 3.78. The van der Waals surface area contributed by atoms with Crippen LogP contribution in [0.5, 0.6) is 0 Å². The minimum Gasteiger partial charge on any atom is -0.374 e. The van der Waals surface area contributed by atoms with Gasteiger partial charge in [-0.25, -0.2) is 0 Å². The predicted octanol–water partition coefficient (Wildman–Crippen LogP) is 2.15. The standard InChI is InChI=1S/C11H20ClN3O/c1-6-16-11(2,3)10(13-4)9-8(12)7-14-15(9)5/h7,10,13H,6H2,1-5H3. The van der Waals surface area contributed by atoms with E-state index in [1.165, 1.54) is 0 Å². The zero-order valence-electron chi connectivity index (χ0n) is 10.5. The van der Waals surface area contributed by atoms with E-state index in [0.29, 0.717) is 11.6 Å². The summed E-state index contributed by atoms with van der Waals surface area (Å²) < 4.78 is 7.54. The molecule has 1 rings (SSSR count). The third-order valence-electron chi connectivity index (χ3n) is 2.71. The molecule has 0 saturated heterocycles. The molecule has 1 atom stereocenters. The van der Waals surface area contributed by atoms with Crippen molar-refractivity contribution >= 4 is 11.6 Å². The lowest BCUT2D eigenvalue weighted by Crippen LogP contribution is -2.41. The number of hydrogen-bond acceptors (Lipinski definition) is 3. The molecular formula is C11H20ClN3O. The van der Waals surface area contributed by atoms with Crippen LogP contribution in [-0.2, 0) is 11.8 Å². The molecule has 92 valence electrons. The van der Waals surface area contributed by atoms with Gasteiger partial charge in [-0.15, -0.1) is 0 Å². The molecule has 1 unspecified atom stereocenters. The van der Waals surface area contributed by atoms with Crippen LogP contribution in [0.1, 0.15) is 32.5 Å².